The van der Waals surface area contributed by atoms with E-state index in [0.29, 0.717) is 0 Å². The predicted molar refractivity (Wildman–Crippen MR) is 80.9 cm³/mol. The highest BCUT2D eigenvalue weighted by molar-refractivity contribution is 6.55. The summed E-state index contributed by atoms with van der Waals surface area (Å²) in [5, 5.41) is 8.61. The number of Topliss-reactive ketones (excluding diaryl/α,β-unsaturated/α-hetero) is 1. The summed E-state index contributed by atoms with van der Waals surface area (Å²) in [6.07, 6.45) is 1.62. The number of aliphatic hydroxyl groups excluding tert-OH is 1. The zero-order chi connectivity index (χ0) is 15.9. The molecule has 0 atom stereocenters. The molecule has 1 aromatic carbocycles. The summed E-state index contributed by atoms with van der Waals surface area (Å²) in [6, 6.07) is 0. The molecule has 1 aliphatic rings. The van der Waals surface area contributed by atoms with Gasteiger partial charge >= 0.3 is 0 Å². The van der Waals surface area contributed by atoms with Gasteiger partial charge in [-0.3, -0.25) is 9.59 Å². The number of halogens is 5. The summed E-state index contributed by atoms with van der Waals surface area (Å²) in [6.45, 7) is 0. The lowest BCUT2D eigenvalue weighted by Gasteiger charge is -2.15. The average molecular weight is 388 g/mol. The molecule has 0 fully saturated rings. The Morgan fingerprint density at radius 1 is 0.810 bits per heavy atom. The van der Waals surface area contributed by atoms with Crippen molar-refractivity contribution in [1.29, 1.82) is 0 Å². The van der Waals surface area contributed by atoms with E-state index in [9.17, 15) is 14.7 Å². The van der Waals surface area contributed by atoms with Crippen molar-refractivity contribution < 1.29 is 19.4 Å². The molecule has 110 valence electrons. The van der Waals surface area contributed by atoms with Crippen molar-refractivity contribution in [2.24, 2.45) is 0 Å². The first-order valence-electron chi connectivity index (χ1n) is 5.14. The number of hydrogen-bond donors (Lipinski definition) is 1. The Kier molecular flexibility index (Phi) is 4.76. The number of rotatable bonds is 2. The lowest BCUT2D eigenvalue weighted by atomic mass is 10.1. The smallest absolute Gasteiger partial charge is 0.262 e. The second-order valence-electron chi connectivity index (χ2n) is 3.77. The fourth-order valence-corrected chi connectivity index (χ4v) is 2.62. The normalized spacial score (nSPS) is 14.9. The van der Waals surface area contributed by atoms with Crippen LogP contribution < -0.4 is 4.74 Å². The Bertz CT molecular complexity index is 707. The van der Waals surface area contributed by atoms with E-state index >= 15 is 0 Å². The average Bonchev–Trinajstić information content (AvgIpc) is 2.44. The maximum absolute atomic E-state index is 11.7. The highest BCUT2D eigenvalue weighted by Crippen LogP contribution is 2.48. The predicted octanol–water partition coefficient (Wildman–Crippen LogP) is 4.81. The lowest BCUT2D eigenvalue weighted by molar-refractivity contribution is -0.119. The second kappa shape index (κ2) is 6.07. The van der Waals surface area contributed by atoms with Gasteiger partial charge < -0.3 is 9.84 Å². The third-order valence-electron chi connectivity index (χ3n) is 2.39. The Morgan fingerprint density at radius 2 is 1.29 bits per heavy atom. The van der Waals surface area contributed by atoms with E-state index in [0.717, 1.165) is 12.2 Å². The molecular weight excluding hydrogens is 385 g/mol. The Labute approximate surface area is 143 Å². The largest absolute Gasteiger partial charge is 0.504 e. The highest BCUT2D eigenvalue weighted by Gasteiger charge is 2.27. The van der Waals surface area contributed by atoms with Crippen LogP contribution in [0, 0.1) is 0 Å². The van der Waals surface area contributed by atoms with Crippen LogP contribution >= 0.6 is 58.0 Å². The first-order valence-corrected chi connectivity index (χ1v) is 7.03. The minimum atomic E-state index is -0.913. The summed E-state index contributed by atoms with van der Waals surface area (Å²) in [4.78, 5) is 23.0. The first kappa shape index (κ1) is 16.5. The summed E-state index contributed by atoms with van der Waals surface area (Å²) >= 11 is 29.4. The minimum absolute atomic E-state index is 0.0801. The van der Waals surface area contributed by atoms with E-state index < -0.39 is 23.1 Å². The number of carbonyl (C=O) groups is 2. The Morgan fingerprint density at radius 3 is 1.81 bits per heavy atom. The molecular formula is C12H3Cl5O4. The topological polar surface area (TPSA) is 63.6 Å². The van der Waals surface area contributed by atoms with Crippen LogP contribution in [0.4, 0.5) is 0 Å². The summed E-state index contributed by atoms with van der Waals surface area (Å²) in [7, 11) is 0. The molecule has 0 saturated carbocycles. The van der Waals surface area contributed by atoms with Gasteiger partial charge in [-0.1, -0.05) is 58.0 Å². The second-order valence-corrected chi connectivity index (χ2v) is 5.66. The van der Waals surface area contributed by atoms with Crippen molar-refractivity contribution in [2.45, 2.75) is 0 Å². The molecule has 21 heavy (non-hydrogen) atoms. The maximum atomic E-state index is 11.7. The van der Waals surface area contributed by atoms with Crippen molar-refractivity contribution in [3.05, 3.63) is 48.8 Å². The molecule has 9 heteroatoms. The molecule has 1 aliphatic carbocycles. The van der Waals surface area contributed by atoms with Gasteiger partial charge in [-0.2, -0.15) is 0 Å². The van der Waals surface area contributed by atoms with Crippen molar-refractivity contribution in [3.8, 4) is 5.75 Å². The van der Waals surface area contributed by atoms with Crippen molar-refractivity contribution in [1.82, 2.24) is 0 Å². The van der Waals surface area contributed by atoms with Gasteiger partial charge in [-0.15, -0.1) is 0 Å². The molecule has 0 unspecified atom stereocenters. The number of carbonyl (C=O) groups excluding carboxylic acids is 2. The molecule has 0 amide bonds. The zero-order valence-electron chi connectivity index (χ0n) is 9.72. The van der Waals surface area contributed by atoms with E-state index in [1.165, 1.54) is 0 Å². The molecule has 1 N–H and O–H groups in total. The Hall–Kier alpha value is -0.910. The quantitative estimate of drug-likeness (QED) is 0.449. The third-order valence-corrected chi connectivity index (χ3v) is 4.63. The molecule has 0 aliphatic heterocycles. The van der Waals surface area contributed by atoms with Gasteiger partial charge in [0.1, 0.15) is 10.0 Å². The van der Waals surface area contributed by atoms with Gasteiger partial charge in [0.25, 0.3) is 5.78 Å². The van der Waals surface area contributed by atoms with Crippen molar-refractivity contribution >= 4 is 69.6 Å². The van der Waals surface area contributed by atoms with E-state index in [2.05, 4.69) is 0 Å². The number of ketones is 2. The number of aliphatic hydroxyl groups is 1. The van der Waals surface area contributed by atoms with E-state index in [1.807, 2.05) is 0 Å². The standard InChI is InChI=1S/C12H3Cl5O4/c13-6-7(14)9(16)12(10(17)8(6)15)21-5-2-3(18)1-4(19)11(5)20/h1-2,19H. The molecule has 2 rings (SSSR count). The summed E-state index contributed by atoms with van der Waals surface area (Å²) < 4.78 is 5.19. The fraction of sp³-hybridized carbons (Fsp3) is 0. The number of allylic oxidation sites excluding steroid dienone is 2. The molecule has 0 saturated heterocycles. The van der Waals surface area contributed by atoms with Crippen LogP contribution in [0.3, 0.4) is 0 Å². The SMILES string of the molecule is O=C1C=C(O)C(=O)C(Oc2c(Cl)c(Cl)c(Cl)c(Cl)c2Cl)=C1. The number of ether oxygens (including phenoxy) is 1. The minimum Gasteiger partial charge on any atom is -0.504 e. The monoisotopic (exact) mass is 386 g/mol. The first-order chi connectivity index (χ1) is 9.73. The van der Waals surface area contributed by atoms with Crippen LogP contribution in [0.25, 0.3) is 0 Å². The van der Waals surface area contributed by atoms with Crippen LogP contribution in [-0.2, 0) is 9.59 Å². The van der Waals surface area contributed by atoms with Crippen molar-refractivity contribution in [3.63, 3.8) is 0 Å². The molecule has 0 radical (unpaired) electrons. The number of hydrogen-bond acceptors (Lipinski definition) is 4. The van der Waals surface area contributed by atoms with Gasteiger partial charge in [0, 0.05) is 12.2 Å². The fourth-order valence-electron chi connectivity index (χ4n) is 1.42. The maximum Gasteiger partial charge on any atom is 0.262 e. The molecule has 4 nitrogen and oxygen atoms in total. The van der Waals surface area contributed by atoms with Gasteiger partial charge in [0.05, 0.1) is 15.1 Å². The molecule has 0 heterocycles. The number of benzene rings is 1. The van der Waals surface area contributed by atoms with Crippen LogP contribution in [0.5, 0.6) is 5.75 Å². The Balaban J connectivity index is 2.51. The third kappa shape index (κ3) is 3.00. The van der Waals surface area contributed by atoms with E-state index in [1.54, 1.807) is 0 Å². The van der Waals surface area contributed by atoms with Gasteiger partial charge in [0.2, 0.25) is 0 Å². The van der Waals surface area contributed by atoms with Crippen LogP contribution in [-0.4, -0.2) is 16.7 Å². The van der Waals surface area contributed by atoms with Crippen molar-refractivity contribution in [2.75, 3.05) is 0 Å². The van der Waals surface area contributed by atoms with Crippen LogP contribution in [0.2, 0.25) is 25.1 Å². The van der Waals surface area contributed by atoms with Gasteiger partial charge in [-0.25, -0.2) is 0 Å². The van der Waals surface area contributed by atoms with Crippen LogP contribution in [0.15, 0.2) is 23.7 Å². The zero-order valence-corrected chi connectivity index (χ0v) is 13.5. The van der Waals surface area contributed by atoms with E-state index in [4.69, 9.17) is 62.7 Å². The molecule has 0 aromatic heterocycles. The lowest BCUT2D eigenvalue weighted by Crippen LogP contribution is -2.18. The van der Waals surface area contributed by atoms with Crippen LogP contribution in [0.1, 0.15) is 0 Å². The summed E-state index contributed by atoms with van der Waals surface area (Å²) in [5.41, 5.74) is 0. The highest BCUT2D eigenvalue weighted by atomic mass is 35.5. The van der Waals surface area contributed by atoms with E-state index in [-0.39, 0.29) is 30.9 Å². The molecule has 0 bridgehead atoms. The van der Waals surface area contributed by atoms with Gasteiger partial charge in [0.15, 0.2) is 23.1 Å². The molecule has 0 spiro atoms. The molecule has 1 aromatic rings. The van der Waals surface area contributed by atoms with Gasteiger partial charge in [-0.05, 0) is 0 Å². The summed E-state index contributed by atoms with van der Waals surface area (Å²) in [5.74, 6) is -3.04.